The van der Waals surface area contributed by atoms with Gasteiger partial charge in [-0.3, -0.25) is 4.79 Å². The fraction of sp³-hybridized carbons (Fsp3) is 0.929. The molecule has 1 saturated heterocycles. The van der Waals surface area contributed by atoms with Gasteiger partial charge in [-0.2, -0.15) is 0 Å². The van der Waals surface area contributed by atoms with Gasteiger partial charge in [0.2, 0.25) is 5.91 Å². The van der Waals surface area contributed by atoms with Crippen molar-refractivity contribution in [2.45, 2.75) is 59.4 Å². The van der Waals surface area contributed by atoms with Crippen LogP contribution in [0.2, 0.25) is 0 Å². The van der Waals surface area contributed by atoms with Crippen LogP contribution in [0.4, 0.5) is 0 Å². The minimum absolute atomic E-state index is 0.194. The summed E-state index contributed by atoms with van der Waals surface area (Å²) < 4.78 is 0. The van der Waals surface area contributed by atoms with Gasteiger partial charge < -0.3 is 10.6 Å². The molecule has 0 spiro atoms. The van der Waals surface area contributed by atoms with Gasteiger partial charge in [0, 0.05) is 19.0 Å². The summed E-state index contributed by atoms with van der Waals surface area (Å²) in [5.74, 6) is 0.613. The van der Waals surface area contributed by atoms with E-state index in [-0.39, 0.29) is 11.3 Å². The molecule has 0 bridgehead atoms. The molecule has 0 aliphatic carbocycles. The van der Waals surface area contributed by atoms with Crippen LogP contribution in [-0.2, 0) is 4.79 Å². The first-order chi connectivity index (χ1) is 7.89. The van der Waals surface area contributed by atoms with Crippen molar-refractivity contribution in [1.82, 2.24) is 10.6 Å². The molecule has 1 amide bonds. The van der Waals surface area contributed by atoms with Gasteiger partial charge in [-0.15, -0.1) is 0 Å². The highest BCUT2D eigenvalue weighted by Crippen LogP contribution is 2.27. The monoisotopic (exact) mass is 240 g/mol. The van der Waals surface area contributed by atoms with Crippen molar-refractivity contribution in [2.24, 2.45) is 11.3 Å². The first kappa shape index (κ1) is 14.5. The number of carbonyl (C=O) groups excluding carboxylic acids is 1. The van der Waals surface area contributed by atoms with Crippen molar-refractivity contribution in [3.05, 3.63) is 0 Å². The molecule has 0 aromatic carbocycles. The van der Waals surface area contributed by atoms with Gasteiger partial charge in [0.15, 0.2) is 0 Å². The predicted molar refractivity (Wildman–Crippen MR) is 71.9 cm³/mol. The number of amides is 1. The maximum Gasteiger partial charge on any atom is 0.220 e. The molecule has 1 heterocycles. The largest absolute Gasteiger partial charge is 0.355 e. The predicted octanol–water partition coefficient (Wildman–Crippen LogP) is 2.32. The van der Waals surface area contributed by atoms with E-state index >= 15 is 0 Å². The first-order valence-electron chi connectivity index (χ1n) is 6.89. The van der Waals surface area contributed by atoms with E-state index in [4.69, 9.17) is 0 Å². The lowest BCUT2D eigenvalue weighted by Crippen LogP contribution is -2.44. The molecule has 2 atom stereocenters. The van der Waals surface area contributed by atoms with Crippen molar-refractivity contribution in [3.63, 3.8) is 0 Å². The van der Waals surface area contributed by atoms with Gasteiger partial charge in [-0.25, -0.2) is 0 Å². The Morgan fingerprint density at radius 2 is 2.12 bits per heavy atom. The summed E-state index contributed by atoms with van der Waals surface area (Å²) in [6, 6.07) is 0.484. The van der Waals surface area contributed by atoms with Crippen LogP contribution in [0.25, 0.3) is 0 Å². The Morgan fingerprint density at radius 1 is 1.41 bits per heavy atom. The lowest BCUT2D eigenvalue weighted by molar-refractivity contribution is -0.122. The van der Waals surface area contributed by atoms with E-state index in [1.807, 2.05) is 0 Å². The third kappa shape index (κ3) is 5.53. The van der Waals surface area contributed by atoms with E-state index in [1.54, 1.807) is 0 Å². The normalized spacial score (nSPS) is 23.2. The molecule has 0 aromatic heterocycles. The Balaban J connectivity index is 2.20. The van der Waals surface area contributed by atoms with Gasteiger partial charge in [-0.05, 0) is 30.7 Å². The quantitative estimate of drug-likeness (QED) is 0.792. The zero-order chi connectivity index (χ0) is 12.9. The van der Waals surface area contributed by atoms with Gasteiger partial charge >= 0.3 is 0 Å². The summed E-state index contributed by atoms with van der Waals surface area (Å²) >= 11 is 0. The third-order valence-electron chi connectivity index (χ3n) is 3.93. The van der Waals surface area contributed by atoms with E-state index in [0.29, 0.717) is 18.4 Å². The summed E-state index contributed by atoms with van der Waals surface area (Å²) in [5, 5.41) is 6.50. The smallest absolute Gasteiger partial charge is 0.220 e. The Kier molecular flexibility index (Phi) is 5.44. The zero-order valence-electron chi connectivity index (χ0n) is 11.8. The van der Waals surface area contributed by atoms with E-state index < -0.39 is 0 Å². The summed E-state index contributed by atoms with van der Waals surface area (Å²) in [6.07, 6.45) is 4.38. The van der Waals surface area contributed by atoms with Crippen LogP contribution in [0.1, 0.15) is 53.4 Å². The highest BCUT2D eigenvalue weighted by Gasteiger charge is 2.22. The lowest BCUT2D eigenvalue weighted by atomic mass is 9.80. The number of piperidine rings is 1. The van der Waals surface area contributed by atoms with E-state index in [0.717, 1.165) is 13.1 Å². The molecule has 2 unspecified atom stereocenters. The molecule has 0 radical (unpaired) electrons. The summed E-state index contributed by atoms with van der Waals surface area (Å²) in [7, 11) is 0. The number of hydrogen-bond acceptors (Lipinski definition) is 2. The molecule has 3 heteroatoms. The molecule has 1 fully saturated rings. The maximum atomic E-state index is 11.8. The SMILES string of the molecule is CC(CC(=O)NCC1CCCCN1)C(C)(C)C. The molecule has 0 aromatic rings. The highest BCUT2D eigenvalue weighted by molar-refractivity contribution is 5.76. The average molecular weight is 240 g/mol. The van der Waals surface area contributed by atoms with Crippen LogP contribution in [0.5, 0.6) is 0 Å². The van der Waals surface area contributed by atoms with Gasteiger partial charge in [0.1, 0.15) is 0 Å². The van der Waals surface area contributed by atoms with Crippen LogP contribution in [0.15, 0.2) is 0 Å². The van der Waals surface area contributed by atoms with Crippen molar-refractivity contribution in [2.75, 3.05) is 13.1 Å². The Hall–Kier alpha value is -0.570. The molecular weight excluding hydrogens is 212 g/mol. The topological polar surface area (TPSA) is 41.1 Å². The minimum Gasteiger partial charge on any atom is -0.355 e. The van der Waals surface area contributed by atoms with Crippen LogP contribution < -0.4 is 10.6 Å². The second-order valence-corrected chi connectivity index (χ2v) is 6.42. The Bertz CT molecular complexity index is 239. The minimum atomic E-state index is 0.194. The van der Waals surface area contributed by atoms with Crippen LogP contribution in [0, 0.1) is 11.3 Å². The molecule has 17 heavy (non-hydrogen) atoms. The van der Waals surface area contributed by atoms with Gasteiger partial charge in [0.25, 0.3) is 0 Å². The number of nitrogens with one attached hydrogen (secondary N) is 2. The van der Waals surface area contributed by atoms with E-state index in [9.17, 15) is 4.79 Å². The van der Waals surface area contributed by atoms with Crippen molar-refractivity contribution in [1.29, 1.82) is 0 Å². The van der Waals surface area contributed by atoms with Crippen LogP contribution in [-0.4, -0.2) is 25.0 Å². The van der Waals surface area contributed by atoms with Crippen molar-refractivity contribution >= 4 is 5.91 Å². The molecule has 1 aliphatic heterocycles. The van der Waals surface area contributed by atoms with Gasteiger partial charge in [-0.1, -0.05) is 34.1 Å². The Morgan fingerprint density at radius 3 is 2.65 bits per heavy atom. The molecule has 100 valence electrons. The van der Waals surface area contributed by atoms with Crippen molar-refractivity contribution in [3.8, 4) is 0 Å². The third-order valence-corrected chi connectivity index (χ3v) is 3.93. The molecule has 2 N–H and O–H groups in total. The zero-order valence-corrected chi connectivity index (χ0v) is 11.8. The van der Waals surface area contributed by atoms with Crippen LogP contribution in [0.3, 0.4) is 0 Å². The number of rotatable bonds is 4. The number of carbonyl (C=O) groups is 1. The molecule has 1 rings (SSSR count). The first-order valence-corrected chi connectivity index (χ1v) is 6.89. The van der Waals surface area contributed by atoms with Crippen molar-refractivity contribution < 1.29 is 4.79 Å². The lowest BCUT2D eigenvalue weighted by Gasteiger charge is -2.27. The molecule has 1 aliphatic rings. The second-order valence-electron chi connectivity index (χ2n) is 6.42. The second kappa shape index (κ2) is 6.39. The summed E-state index contributed by atoms with van der Waals surface area (Å²) in [4.78, 5) is 11.8. The molecular formula is C14H28N2O. The molecule has 3 nitrogen and oxygen atoms in total. The Labute approximate surface area is 106 Å². The summed E-state index contributed by atoms with van der Waals surface area (Å²) in [6.45, 7) is 10.6. The van der Waals surface area contributed by atoms with Gasteiger partial charge in [0.05, 0.1) is 0 Å². The maximum absolute atomic E-state index is 11.8. The van der Waals surface area contributed by atoms with E-state index in [1.165, 1.54) is 19.3 Å². The average Bonchev–Trinajstić information content (AvgIpc) is 2.26. The van der Waals surface area contributed by atoms with E-state index in [2.05, 4.69) is 38.3 Å². The molecule has 0 saturated carbocycles. The van der Waals surface area contributed by atoms with Crippen LogP contribution >= 0.6 is 0 Å². The summed E-state index contributed by atoms with van der Waals surface area (Å²) in [5.41, 5.74) is 0.209. The highest BCUT2D eigenvalue weighted by atomic mass is 16.1. The standard InChI is InChI=1S/C14H28N2O/c1-11(14(2,3)4)9-13(17)16-10-12-7-5-6-8-15-12/h11-12,15H,5-10H2,1-4H3,(H,16,17). The number of hydrogen-bond donors (Lipinski definition) is 2. The fourth-order valence-corrected chi connectivity index (χ4v) is 1.99. The fourth-order valence-electron chi connectivity index (χ4n) is 1.99.